The van der Waals surface area contributed by atoms with Gasteiger partial charge in [-0.1, -0.05) is 85.5 Å². The summed E-state index contributed by atoms with van der Waals surface area (Å²) in [7, 11) is 1.46. The maximum Gasteiger partial charge on any atom is 0.421 e. The Morgan fingerprint density at radius 2 is 1.58 bits per heavy atom. The average Bonchev–Trinajstić information content (AvgIpc) is 3.66. The van der Waals surface area contributed by atoms with Gasteiger partial charge in [-0.25, -0.2) is 9.69 Å². The van der Waals surface area contributed by atoms with Gasteiger partial charge in [0.15, 0.2) is 0 Å². The number of methoxy groups -OCH3 is 1. The lowest BCUT2D eigenvalue weighted by Crippen LogP contribution is -2.53. The highest BCUT2D eigenvalue weighted by molar-refractivity contribution is 14.1. The molecule has 2 fully saturated rings. The summed E-state index contributed by atoms with van der Waals surface area (Å²) in [6, 6.07) is 27.6. The van der Waals surface area contributed by atoms with Crippen LogP contribution in [0.2, 0.25) is 0 Å². The van der Waals surface area contributed by atoms with Crippen LogP contribution in [0.15, 0.2) is 116 Å². The fraction of sp³-hybridized carbons (Fsp3) is 0.286. The van der Waals surface area contributed by atoms with Crippen LogP contribution >= 0.6 is 22.6 Å². The number of ether oxygens (including phenoxy) is 5. The molecule has 12 nitrogen and oxygen atoms in total. The zero-order valence-electron chi connectivity index (χ0n) is 29.9. The number of aliphatic hydroxyl groups excluding tert-OH is 1. The minimum atomic E-state index is -1.97. The number of halogens is 1. The van der Waals surface area contributed by atoms with E-state index in [0.29, 0.717) is 26.0 Å². The number of amides is 2. The van der Waals surface area contributed by atoms with Crippen molar-refractivity contribution in [3.63, 3.8) is 0 Å². The van der Waals surface area contributed by atoms with Crippen LogP contribution in [0.4, 0.5) is 10.5 Å². The van der Waals surface area contributed by atoms with Crippen molar-refractivity contribution < 1.29 is 48.0 Å². The third-order valence-electron chi connectivity index (χ3n) is 10.2. The van der Waals surface area contributed by atoms with Gasteiger partial charge in [-0.05, 0) is 75.2 Å². The fourth-order valence-corrected chi connectivity index (χ4v) is 8.76. The minimum absolute atomic E-state index is 0.00178. The Hall–Kier alpha value is -5.09. The maximum absolute atomic E-state index is 15.8. The number of anilines is 1. The van der Waals surface area contributed by atoms with E-state index < -0.39 is 59.5 Å². The molecule has 3 aliphatic heterocycles. The molecule has 6 unspecified atom stereocenters. The number of esters is 2. The molecule has 0 bridgehead atoms. The van der Waals surface area contributed by atoms with Crippen molar-refractivity contribution >= 4 is 52.2 Å². The lowest BCUT2D eigenvalue weighted by molar-refractivity contribution is -0.180. The van der Waals surface area contributed by atoms with Crippen LogP contribution in [0, 0.1) is 9.49 Å². The summed E-state index contributed by atoms with van der Waals surface area (Å²) >= 11 is 2.12. The van der Waals surface area contributed by atoms with Crippen LogP contribution in [0.25, 0.3) is 0 Å². The molecule has 1 N–H and O–H groups in total. The van der Waals surface area contributed by atoms with Gasteiger partial charge in [0.1, 0.15) is 49.0 Å². The van der Waals surface area contributed by atoms with Crippen molar-refractivity contribution in [3.8, 4) is 5.75 Å². The third-order valence-corrected chi connectivity index (χ3v) is 10.9. The molecule has 7 rings (SSSR count). The monoisotopic (exact) mass is 858 g/mol. The zero-order chi connectivity index (χ0) is 38.7. The van der Waals surface area contributed by atoms with Gasteiger partial charge in [0.25, 0.3) is 0 Å². The highest BCUT2D eigenvalue weighted by Gasteiger charge is 2.76. The first-order valence-corrected chi connectivity index (χ1v) is 18.8. The molecule has 0 aliphatic carbocycles. The van der Waals surface area contributed by atoms with E-state index in [1.807, 2.05) is 65.6 Å². The first-order valence-electron chi connectivity index (χ1n) is 17.8. The number of carbonyl (C=O) groups excluding carboxylic acids is 4. The van der Waals surface area contributed by atoms with Gasteiger partial charge in [-0.3, -0.25) is 19.3 Å². The Balaban J connectivity index is 1.57. The predicted molar refractivity (Wildman–Crippen MR) is 208 cm³/mol. The van der Waals surface area contributed by atoms with E-state index in [1.54, 1.807) is 42.5 Å². The highest BCUT2D eigenvalue weighted by atomic mass is 127. The van der Waals surface area contributed by atoms with Crippen LogP contribution in [-0.4, -0.2) is 80.1 Å². The molecule has 6 atom stereocenters. The molecule has 55 heavy (non-hydrogen) atoms. The number of aliphatic hydroxyl groups is 1. The van der Waals surface area contributed by atoms with E-state index in [2.05, 4.69) is 29.2 Å². The van der Waals surface area contributed by atoms with Crippen molar-refractivity contribution in [1.82, 2.24) is 4.90 Å². The maximum atomic E-state index is 15.8. The Morgan fingerprint density at radius 3 is 2.27 bits per heavy atom. The van der Waals surface area contributed by atoms with Gasteiger partial charge >= 0.3 is 18.0 Å². The minimum Gasteiger partial charge on any atom is -0.491 e. The molecular formula is C42H39IN2O10. The van der Waals surface area contributed by atoms with E-state index in [4.69, 9.17) is 23.7 Å². The number of imide groups is 1. The van der Waals surface area contributed by atoms with E-state index in [9.17, 15) is 19.5 Å². The Labute approximate surface area is 331 Å². The average molecular weight is 859 g/mol. The first kappa shape index (κ1) is 38.2. The summed E-state index contributed by atoms with van der Waals surface area (Å²) in [5, 5.41) is 9.61. The molecule has 0 saturated carbocycles. The summed E-state index contributed by atoms with van der Waals surface area (Å²) < 4.78 is 29.4. The number of cyclic esters (lactones) is 1. The van der Waals surface area contributed by atoms with Crippen molar-refractivity contribution in [3.05, 3.63) is 142 Å². The normalized spacial score (nSPS) is 24.2. The Bertz CT molecular complexity index is 2080. The van der Waals surface area contributed by atoms with Crippen LogP contribution in [0.5, 0.6) is 5.75 Å². The van der Waals surface area contributed by atoms with E-state index in [-0.39, 0.29) is 38.7 Å². The second kappa shape index (κ2) is 16.3. The van der Waals surface area contributed by atoms with Crippen molar-refractivity contribution in [2.24, 2.45) is 5.92 Å². The third kappa shape index (κ3) is 6.68. The van der Waals surface area contributed by atoms with Crippen LogP contribution in [0.1, 0.15) is 40.4 Å². The van der Waals surface area contributed by atoms with Crippen molar-refractivity contribution in [2.45, 2.75) is 29.6 Å². The first-order chi connectivity index (χ1) is 26.8. The molecule has 2 amide bonds. The molecule has 284 valence electrons. The van der Waals surface area contributed by atoms with Crippen LogP contribution in [-0.2, 0) is 38.7 Å². The van der Waals surface area contributed by atoms with Gasteiger partial charge in [-0.15, -0.1) is 0 Å². The van der Waals surface area contributed by atoms with Gasteiger partial charge < -0.3 is 28.8 Å². The summed E-state index contributed by atoms with van der Waals surface area (Å²) in [5.74, 6) is -3.51. The largest absolute Gasteiger partial charge is 0.491 e. The Morgan fingerprint density at radius 1 is 0.873 bits per heavy atom. The number of morpholine rings is 1. The van der Waals surface area contributed by atoms with Gasteiger partial charge in [0, 0.05) is 10.7 Å². The summed E-state index contributed by atoms with van der Waals surface area (Å²) in [6.07, 6.45) is -0.445. The second-order valence-electron chi connectivity index (χ2n) is 13.2. The molecule has 0 aromatic heterocycles. The quantitative estimate of drug-likeness (QED) is 0.0605. The van der Waals surface area contributed by atoms with Crippen molar-refractivity contribution in [1.29, 1.82) is 0 Å². The van der Waals surface area contributed by atoms with Gasteiger partial charge in [-0.2, -0.15) is 0 Å². The van der Waals surface area contributed by atoms with Crippen LogP contribution in [0.3, 0.4) is 0 Å². The summed E-state index contributed by atoms with van der Waals surface area (Å²) in [6.45, 7) is 3.21. The number of benzene rings is 4. The molecule has 4 aromatic rings. The van der Waals surface area contributed by atoms with Gasteiger partial charge in [0.05, 0.1) is 31.0 Å². The zero-order valence-corrected chi connectivity index (χ0v) is 32.1. The fourth-order valence-electron chi connectivity index (χ4n) is 8.27. The number of hydrogen-bond acceptors (Lipinski definition) is 11. The number of hydrogen-bond donors (Lipinski definition) is 1. The topological polar surface area (TPSA) is 141 Å². The molecule has 3 heterocycles. The van der Waals surface area contributed by atoms with Crippen molar-refractivity contribution in [2.75, 3.05) is 45.0 Å². The highest BCUT2D eigenvalue weighted by Crippen LogP contribution is 2.66. The lowest BCUT2D eigenvalue weighted by atomic mass is 9.65. The van der Waals surface area contributed by atoms with E-state index in [0.717, 1.165) is 10.5 Å². The molecule has 1 spiro atoms. The van der Waals surface area contributed by atoms with Crippen LogP contribution < -0.4 is 9.64 Å². The molecule has 3 aliphatic rings. The SMILES string of the molecule is C=CCOC(=O)C1C2C(=O)OC(c3ccccc3)C(c3ccccc3)N2C(c2cccc(OCCO)c2)C12C(=O)N(C(=O)OCCOC)c1ccc(I)cc12. The molecule has 4 aromatic carbocycles. The number of fused-ring (bicyclic) bond motifs is 3. The number of carbonyl (C=O) groups is 4. The van der Waals surface area contributed by atoms with E-state index >= 15 is 4.79 Å². The Kier molecular flexibility index (Phi) is 11.3. The summed E-state index contributed by atoms with van der Waals surface area (Å²) in [5.41, 5.74) is 0.541. The second-order valence-corrected chi connectivity index (χ2v) is 14.5. The smallest absolute Gasteiger partial charge is 0.421 e. The standard InChI is InChI=1S/C42H39IN2O10/c1-3-20-53-38(47)33-35-39(48)55-36(27-13-8-5-9-14-27)34(26-11-6-4-7-12-26)45(35)37(28-15-10-16-30(24-28)52-21-19-46)42(33)31-25-29(43)17-18-32(31)44(40(42)49)41(50)54-23-22-51-2/h3-18,24-25,33-37,46H,1,19-23H2,2H3. The molecule has 13 heteroatoms. The summed E-state index contributed by atoms with van der Waals surface area (Å²) in [4.78, 5) is 62.3. The molecule has 0 radical (unpaired) electrons. The number of rotatable bonds is 12. The number of nitrogens with zero attached hydrogens (tertiary/aromatic N) is 2. The predicted octanol–water partition coefficient (Wildman–Crippen LogP) is 5.84. The molecular weight excluding hydrogens is 819 g/mol. The molecule has 2 saturated heterocycles. The lowest BCUT2D eigenvalue weighted by Gasteiger charge is -2.46. The van der Waals surface area contributed by atoms with Gasteiger partial charge in [0.2, 0.25) is 5.91 Å². The van der Waals surface area contributed by atoms with E-state index in [1.165, 1.54) is 13.2 Å².